The van der Waals surface area contributed by atoms with Crippen LogP contribution >= 0.6 is 15.9 Å². The molecule has 0 spiro atoms. The number of nitrogens with zero attached hydrogens (tertiary/aromatic N) is 1. The van der Waals surface area contributed by atoms with Crippen molar-refractivity contribution in [3.63, 3.8) is 0 Å². The molecule has 1 N–H and O–H groups in total. The molecule has 1 rings (SSSR count). The highest BCUT2D eigenvalue weighted by Gasteiger charge is 2.18. The number of likely N-dealkylation sites (N-methyl/N-ethyl adjacent to an activating group) is 2. The van der Waals surface area contributed by atoms with Crippen molar-refractivity contribution in [3.8, 4) is 0 Å². The first kappa shape index (κ1) is 12.3. The molecule has 4 nitrogen and oxygen atoms in total. The molecule has 1 heterocycles. The number of carbonyl (C=O) groups is 1. The third-order valence-electron chi connectivity index (χ3n) is 2.13. The lowest BCUT2D eigenvalue weighted by Crippen LogP contribution is -2.32. The van der Waals surface area contributed by atoms with E-state index in [1.807, 2.05) is 14.0 Å². The van der Waals surface area contributed by atoms with E-state index in [4.69, 9.17) is 4.42 Å². The molecule has 0 atom stereocenters. The molecule has 0 aliphatic carbocycles. The number of rotatable bonds is 4. The number of hydrogen-bond acceptors (Lipinski definition) is 3. The van der Waals surface area contributed by atoms with Gasteiger partial charge in [-0.2, -0.15) is 0 Å². The number of furan rings is 1. The van der Waals surface area contributed by atoms with Gasteiger partial charge in [-0.25, -0.2) is 0 Å². The highest BCUT2D eigenvalue weighted by Crippen LogP contribution is 2.20. The first-order chi connectivity index (χ1) is 7.06. The van der Waals surface area contributed by atoms with E-state index in [1.165, 1.54) is 0 Å². The molecule has 0 aliphatic heterocycles. The highest BCUT2D eigenvalue weighted by molar-refractivity contribution is 9.10. The van der Waals surface area contributed by atoms with Gasteiger partial charge in [0.1, 0.15) is 0 Å². The molecule has 5 heteroatoms. The van der Waals surface area contributed by atoms with Crippen molar-refractivity contribution in [1.82, 2.24) is 10.2 Å². The molecule has 0 saturated heterocycles. The summed E-state index contributed by atoms with van der Waals surface area (Å²) in [6, 6.07) is 1.79. The Morgan fingerprint density at radius 2 is 2.33 bits per heavy atom. The van der Waals surface area contributed by atoms with Crippen molar-refractivity contribution in [2.45, 2.75) is 6.92 Å². The minimum Gasteiger partial charge on any atom is -0.444 e. The molecule has 0 fully saturated rings. The van der Waals surface area contributed by atoms with Crippen LogP contribution in [0.3, 0.4) is 0 Å². The minimum atomic E-state index is -0.0894. The lowest BCUT2D eigenvalue weighted by Gasteiger charge is -2.15. The number of halogens is 1. The third-order valence-corrected chi connectivity index (χ3v) is 2.52. The summed E-state index contributed by atoms with van der Waals surface area (Å²) in [6.45, 7) is 3.28. The fourth-order valence-electron chi connectivity index (χ4n) is 1.21. The second-order valence-corrected chi connectivity index (χ2v) is 4.17. The molecule has 1 amide bonds. The maximum absolute atomic E-state index is 11.9. The van der Waals surface area contributed by atoms with Crippen LogP contribution in [0.2, 0.25) is 0 Å². The highest BCUT2D eigenvalue weighted by atomic mass is 79.9. The molecule has 1 aromatic heterocycles. The quantitative estimate of drug-likeness (QED) is 0.908. The van der Waals surface area contributed by atoms with E-state index in [-0.39, 0.29) is 5.91 Å². The first-order valence-corrected chi connectivity index (χ1v) is 5.51. The summed E-state index contributed by atoms with van der Waals surface area (Å²) in [6.07, 6.45) is 0. The summed E-state index contributed by atoms with van der Waals surface area (Å²) >= 11 is 3.20. The maximum Gasteiger partial charge on any atom is 0.289 e. The zero-order valence-corrected chi connectivity index (χ0v) is 10.7. The van der Waals surface area contributed by atoms with Crippen LogP contribution in [0.15, 0.2) is 15.2 Å². The molecule has 1 aromatic rings. The minimum absolute atomic E-state index is 0.0894. The largest absolute Gasteiger partial charge is 0.444 e. The average molecular weight is 275 g/mol. The summed E-state index contributed by atoms with van der Waals surface area (Å²) in [5.41, 5.74) is 0.850. The van der Waals surface area contributed by atoms with Gasteiger partial charge in [0.25, 0.3) is 5.91 Å². The first-order valence-electron chi connectivity index (χ1n) is 4.72. The lowest BCUT2D eigenvalue weighted by atomic mass is 10.2. The number of aryl methyl sites for hydroxylation is 1. The Balaban J connectivity index is 2.71. The van der Waals surface area contributed by atoms with Gasteiger partial charge in [-0.05, 0) is 36.0 Å². The standard InChI is InChI=1S/C10H15BrN2O2/c1-7-6-8(11)15-9(7)10(14)13(3)5-4-12-2/h6,12H,4-5H2,1-3H3. The van der Waals surface area contributed by atoms with Gasteiger partial charge in [0.05, 0.1) is 0 Å². The zero-order valence-electron chi connectivity index (χ0n) is 9.13. The molecular weight excluding hydrogens is 260 g/mol. The fraction of sp³-hybridized carbons (Fsp3) is 0.500. The second kappa shape index (κ2) is 5.32. The van der Waals surface area contributed by atoms with Crippen molar-refractivity contribution >= 4 is 21.8 Å². The van der Waals surface area contributed by atoms with Crippen LogP contribution in [0.1, 0.15) is 16.1 Å². The lowest BCUT2D eigenvalue weighted by molar-refractivity contribution is 0.0763. The summed E-state index contributed by atoms with van der Waals surface area (Å²) in [7, 11) is 3.61. The van der Waals surface area contributed by atoms with Gasteiger partial charge < -0.3 is 14.6 Å². The van der Waals surface area contributed by atoms with E-state index < -0.39 is 0 Å². The van der Waals surface area contributed by atoms with Crippen LogP contribution in [0.25, 0.3) is 0 Å². The molecule has 15 heavy (non-hydrogen) atoms. The maximum atomic E-state index is 11.9. The van der Waals surface area contributed by atoms with Crippen molar-refractivity contribution in [2.75, 3.05) is 27.2 Å². The Morgan fingerprint density at radius 1 is 1.67 bits per heavy atom. The van der Waals surface area contributed by atoms with Gasteiger partial charge in [-0.15, -0.1) is 0 Å². The zero-order chi connectivity index (χ0) is 11.4. The summed E-state index contributed by atoms with van der Waals surface area (Å²) in [5, 5.41) is 2.99. The van der Waals surface area contributed by atoms with Crippen LogP contribution in [0.5, 0.6) is 0 Å². The molecule has 0 unspecified atom stereocenters. The number of amides is 1. The van der Waals surface area contributed by atoms with Gasteiger partial charge in [0.15, 0.2) is 10.4 Å². The van der Waals surface area contributed by atoms with E-state index in [0.29, 0.717) is 17.0 Å². The topological polar surface area (TPSA) is 45.5 Å². The number of hydrogen-bond donors (Lipinski definition) is 1. The van der Waals surface area contributed by atoms with Crippen LogP contribution in [-0.2, 0) is 0 Å². The normalized spacial score (nSPS) is 10.4. The molecule has 0 bridgehead atoms. The van der Waals surface area contributed by atoms with Crippen molar-refractivity contribution < 1.29 is 9.21 Å². The summed E-state index contributed by atoms with van der Waals surface area (Å²) in [5.74, 6) is 0.314. The van der Waals surface area contributed by atoms with E-state index in [1.54, 1.807) is 18.0 Å². The van der Waals surface area contributed by atoms with Crippen LogP contribution in [0, 0.1) is 6.92 Å². The Hall–Kier alpha value is -0.810. The van der Waals surface area contributed by atoms with Gasteiger partial charge in [0, 0.05) is 25.7 Å². The molecule has 84 valence electrons. The van der Waals surface area contributed by atoms with Crippen molar-refractivity contribution in [1.29, 1.82) is 0 Å². The Bertz CT molecular complexity index is 349. The Morgan fingerprint density at radius 3 is 2.80 bits per heavy atom. The molecule has 0 radical (unpaired) electrons. The van der Waals surface area contributed by atoms with E-state index in [2.05, 4.69) is 21.2 Å². The van der Waals surface area contributed by atoms with Crippen LogP contribution < -0.4 is 5.32 Å². The summed E-state index contributed by atoms with van der Waals surface area (Å²) < 4.78 is 5.87. The van der Waals surface area contributed by atoms with Crippen molar-refractivity contribution in [2.24, 2.45) is 0 Å². The predicted molar refractivity (Wildman–Crippen MR) is 62.0 cm³/mol. The molecule has 0 aliphatic rings. The Labute approximate surface area is 97.8 Å². The number of nitrogens with one attached hydrogen (secondary N) is 1. The van der Waals surface area contributed by atoms with Crippen LogP contribution in [0.4, 0.5) is 0 Å². The van der Waals surface area contributed by atoms with E-state index >= 15 is 0 Å². The smallest absolute Gasteiger partial charge is 0.289 e. The van der Waals surface area contributed by atoms with Crippen LogP contribution in [-0.4, -0.2) is 38.0 Å². The fourth-order valence-corrected chi connectivity index (χ4v) is 1.72. The van der Waals surface area contributed by atoms with Gasteiger partial charge in [-0.3, -0.25) is 4.79 Å². The average Bonchev–Trinajstić information content (AvgIpc) is 2.53. The number of carbonyl (C=O) groups excluding carboxylic acids is 1. The monoisotopic (exact) mass is 274 g/mol. The molecular formula is C10H15BrN2O2. The SMILES string of the molecule is CNCCN(C)C(=O)c1oc(Br)cc1C. The molecule has 0 saturated carbocycles. The third kappa shape index (κ3) is 3.07. The second-order valence-electron chi connectivity index (χ2n) is 3.39. The van der Waals surface area contributed by atoms with E-state index in [0.717, 1.165) is 12.1 Å². The van der Waals surface area contributed by atoms with Gasteiger partial charge in [0.2, 0.25) is 0 Å². The summed E-state index contributed by atoms with van der Waals surface area (Å²) in [4.78, 5) is 13.5. The van der Waals surface area contributed by atoms with Crippen molar-refractivity contribution in [3.05, 3.63) is 22.1 Å². The van der Waals surface area contributed by atoms with E-state index in [9.17, 15) is 4.79 Å². The Kier molecular flexibility index (Phi) is 4.35. The van der Waals surface area contributed by atoms with Gasteiger partial charge >= 0.3 is 0 Å². The van der Waals surface area contributed by atoms with Gasteiger partial charge in [-0.1, -0.05) is 0 Å². The predicted octanol–water partition coefficient (Wildman–Crippen LogP) is 1.64. The molecule has 0 aromatic carbocycles.